The maximum Gasteiger partial charge on any atom is 0.248 e. The zero-order valence-corrected chi connectivity index (χ0v) is 15.4. The Bertz CT molecular complexity index is 898. The molecule has 0 aliphatic carbocycles. The normalized spacial score (nSPS) is 16.0. The van der Waals surface area contributed by atoms with E-state index in [1.165, 1.54) is 10.4 Å². The highest BCUT2D eigenvalue weighted by atomic mass is 32.2. The first kappa shape index (κ1) is 18.5. The molecule has 1 fully saturated rings. The highest BCUT2D eigenvalue weighted by molar-refractivity contribution is 7.89. The van der Waals surface area contributed by atoms with Gasteiger partial charge in [-0.3, -0.25) is 4.79 Å². The Hall–Kier alpha value is -2.26. The third kappa shape index (κ3) is 3.49. The van der Waals surface area contributed by atoms with Gasteiger partial charge in [0.25, 0.3) is 0 Å². The summed E-state index contributed by atoms with van der Waals surface area (Å²) in [6.45, 7) is 4.01. The van der Waals surface area contributed by atoms with Crippen LogP contribution in [0.15, 0.2) is 33.7 Å². The molecule has 7 nitrogen and oxygen atoms in total. The van der Waals surface area contributed by atoms with Crippen LogP contribution in [0.4, 0.5) is 4.39 Å². The molecule has 2 heterocycles. The number of carbonyl (C=O) groups excluding carboxylic acids is 1. The standard InChI is InChI=1S/C17H20FN3O4S/c1-12-17(13(2)25-19-12)26(23,24)21-9-7-20(8-10-21)16(22)11-14-5-3-4-6-15(14)18/h3-6H,7-11H2,1-2H3. The van der Waals surface area contributed by atoms with E-state index in [0.29, 0.717) is 11.3 Å². The lowest BCUT2D eigenvalue weighted by molar-refractivity contribution is -0.131. The summed E-state index contributed by atoms with van der Waals surface area (Å²) in [5.74, 6) is -0.384. The lowest BCUT2D eigenvalue weighted by Gasteiger charge is -2.34. The van der Waals surface area contributed by atoms with Crippen molar-refractivity contribution in [2.45, 2.75) is 25.2 Å². The van der Waals surface area contributed by atoms with Crippen molar-refractivity contribution in [3.63, 3.8) is 0 Å². The smallest absolute Gasteiger partial charge is 0.248 e. The molecule has 1 aromatic carbocycles. The molecule has 0 atom stereocenters. The van der Waals surface area contributed by atoms with Crippen molar-refractivity contribution in [1.82, 2.24) is 14.4 Å². The number of piperazine rings is 1. The fourth-order valence-corrected chi connectivity index (χ4v) is 4.78. The van der Waals surface area contributed by atoms with Crippen molar-refractivity contribution in [1.29, 1.82) is 0 Å². The number of nitrogens with zero attached hydrogens (tertiary/aromatic N) is 3. The molecule has 9 heteroatoms. The molecule has 0 bridgehead atoms. The number of amides is 1. The summed E-state index contributed by atoms with van der Waals surface area (Å²) < 4.78 is 45.5. The minimum Gasteiger partial charge on any atom is -0.360 e. The van der Waals surface area contributed by atoms with Crippen LogP contribution in [0.5, 0.6) is 0 Å². The Labute approximate surface area is 151 Å². The van der Waals surface area contributed by atoms with Crippen molar-refractivity contribution in [2.24, 2.45) is 0 Å². The largest absolute Gasteiger partial charge is 0.360 e. The van der Waals surface area contributed by atoms with Gasteiger partial charge >= 0.3 is 0 Å². The molecule has 0 unspecified atom stereocenters. The number of sulfonamides is 1. The molecule has 1 aromatic heterocycles. The number of aryl methyl sites for hydroxylation is 2. The fraction of sp³-hybridized carbons (Fsp3) is 0.412. The van der Waals surface area contributed by atoms with E-state index >= 15 is 0 Å². The van der Waals surface area contributed by atoms with E-state index in [2.05, 4.69) is 5.16 Å². The molecule has 140 valence electrons. The second-order valence-electron chi connectivity index (χ2n) is 6.21. The maximum atomic E-state index is 13.7. The monoisotopic (exact) mass is 381 g/mol. The van der Waals surface area contributed by atoms with Crippen LogP contribution in [0, 0.1) is 19.7 Å². The van der Waals surface area contributed by atoms with Crippen molar-refractivity contribution in [3.05, 3.63) is 47.1 Å². The van der Waals surface area contributed by atoms with Gasteiger partial charge in [-0.2, -0.15) is 4.31 Å². The van der Waals surface area contributed by atoms with Gasteiger partial charge in [0, 0.05) is 26.2 Å². The topological polar surface area (TPSA) is 83.7 Å². The Balaban J connectivity index is 1.66. The molecular formula is C17H20FN3O4S. The van der Waals surface area contributed by atoms with Crippen molar-refractivity contribution < 1.29 is 22.1 Å². The molecule has 0 radical (unpaired) electrons. The number of halogens is 1. The molecule has 0 N–H and O–H groups in total. The highest BCUT2D eigenvalue weighted by Crippen LogP contribution is 2.24. The lowest BCUT2D eigenvalue weighted by Crippen LogP contribution is -2.51. The molecule has 0 saturated carbocycles. The zero-order chi connectivity index (χ0) is 18.9. The molecule has 1 saturated heterocycles. The van der Waals surface area contributed by atoms with E-state index in [0.717, 1.165) is 0 Å². The van der Waals surface area contributed by atoms with E-state index in [4.69, 9.17) is 4.52 Å². The number of benzene rings is 1. The summed E-state index contributed by atoms with van der Waals surface area (Å²) in [6, 6.07) is 6.14. The van der Waals surface area contributed by atoms with Crippen LogP contribution < -0.4 is 0 Å². The van der Waals surface area contributed by atoms with Crippen LogP contribution in [0.2, 0.25) is 0 Å². The lowest BCUT2D eigenvalue weighted by atomic mass is 10.1. The van der Waals surface area contributed by atoms with Crippen molar-refractivity contribution in [3.8, 4) is 0 Å². The maximum absolute atomic E-state index is 13.7. The van der Waals surface area contributed by atoms with Crippen molar-refractivity contribution in [2.75, 3.05) is 26.2 Å². The summed E-state index contributed by atoms with van der Waals surface area (Å²) >= 11 is 0. The minimum atomic E-state index is -3.72. The first-order chi connectivity index (χ1) is 12.3. The van der Waals surface area contributed by atoms with Gasteiger partial charge in [-0.25, -0.2) is 12.8 Å². The third-order valence-electron chi connectivity index (χ3n) is 4.46. The highest BCUT2D eigenvalue weighted by Gasteiger charge is 2.34. The molecule has 1 amide bonds. The molecule has 1 aliphatic rings. The summed E-state index contributed by atoms with van der Waals surface area (Å²) in [6.07, 6.45) is -0.0384. The molecule has 26 heavy (non-hydrogen) atoms. The molecular weight excluding hydrogens is 361 g/mol. The first-order valence-electron chi connectivity index (χ1n) is 8.25. The summed E-state index contributed by atoms with van der Waals surface area (Å²) in [5, 5.41) is 3.69. The number of rotatable bonds is 4. The van der Waals surface area contributed by atoms with Crippen molar-refractivity contribution >= 4 is 15.9 Å². The number of carbonyl (C=O) groups is 1. The van der Waals surface area contributed by atoms with E-state index in [1.807, 2.05) is 0 Å². The van der Waals surface area contributed by atoms with E-state index in [1.54, 1.807) is 36.9 Å². The van der Waals surface area contributed by atoms with Gasteiger partial charge in [0.15, 0.2) is 5.76 Å². The van der Waals surface area contributed by atoms with E-state index in [-0.39, 0.29) is 49.2 Å². The van der Waals surface area contributed by atoms with Gasteiger partial charge in [-0.1, -0.05) is 23.4 Å². The van der Waals surface area contributed by atoms with Crippen LogP contribution in [-0.4, -0.2) is 54.9 Å². The second kappa shape index (κ2) is 7.16. The molecule has 1 aliphatic heterocycles. The number of hydrogen-bond donors (Lipinski definition) is 0. The molecule has 3 rings (SSSR count). The average Bonchev–Trinajstić information content (AvgIpc) is 2.96. The number of hydrogen-bond acceptors (Lipinski definition) is 5. The predicted molar refractivity (Wildman–Crippen MR) is 91.4 cm³/mol. The Morgan fingerprint density at radius 3 is 2.42 bits per heavy atom. The molecule has 0 spiro atoms. The Morgan fingerprint density at radius 1 is 1.19 bits per heavy atom. The van der Waals surface area contributed by atoms with Crippen LogP contribution in [-0.2, 0) is 21.2 Å². The van der Waals surface area contributed by atoms with Gasteiger partial charge in [0.2, 0.25) is 15.9 Å². The van der Waals surface area contributed by atoms with Crippen LogP contribution in [0.1, 0.15) is 17.0 Å². The summed E-state index contributed by atoms with van der Waals surface area (Å²) in [7, 11) is -3.72. The number of aromatic nitrogens is 1. The van der Waals surface area contributed by atoms with Crippen LogP contribution >= 0.6 is 0 Å². The second-order valence-corrected chi connectivity index (χ2v) is 8.08. The third-order valence-corrected chi connectivity index (χ3v) is 6.60. The quantitative estimate of drug-likeness (QED) is 0.802. The van der Waals surface area contributed by atoms with E-state index in [9.17, 15) is 17.6 Å². The SMILES string of the molecule is Cc1noc(C)c1S(=O)(=O)N1CCN(C(=O)Cc2ccccc2F)CC1. The fourth-order valence-electron chi connectivity index (χ4n) is 3.07. The van der Waals surface area contributed by atoms with Gasteiger partial charge < -0.3 is 9.42 Å². The Kier molecular flexibility index (Phi) is 5.10. The average molecular weight is 381 g/mol. The van der Waals surface area contributed by atoms with Crippen LogP contribution in [0.3, 0.4) is 0 Å². The van der Waals surface area contributed by atoms with Crippen LogP contribution in [0.25, 0.3) is 0 Å². The first-order valence-corrected chi connectivity index (χ1v) is 9.69. The predicted octanol–water partition coefficient (Wildman–Crippen LogP) is 1.51. The van der Waals surface area contributed by atoms with Gasteiger partial charge in [-0.15, -0.1) is 0 Å². The van der Waals surface area contributed by atoms with Gasteiger partial charge in [0.1, 0.15) is 16.4 Å². The zero-order valence-electron chi connectivity index (χ0n) is 14.6. The van der Waals surface area contributed by atoms with Gasteiger partial charge in [-0.05, 0) is 25.5 Å². The van der Waals surface area contributed by atoms with E-state index < -0.39 is 15.8 Å². The summed E-state index contributed by atoms with van der Waals surface area (Å²) in [5.41, 5.74) is 0.656. The van der Waals surface area contributed by atoms with Gasteiger partial charge in [0.05, 0.1) is 6.42 Å². The minimum absolute atomic E-state index is 0.0384. The summed E-state index contributed by atoms with van der Waals surface area (Å²) in [4.78, 5) is 14.0. The Morgan fingerprint density at radius 2 is 1.85 bits per heavy atom. The molecule has 2 aromatic rings.